The van der Waals surface area contributed by atoms with Crippen molar-refractivity contribution >= 4 is 18.3 Å². The molecule has 0 aliphatic heterocycles. The Kier molecular flexibility index (Phi) is 4.34. The van der Waals surface area contributed by atoms with Gasteiger partial charge in [0.2, 0.25) is 6.41 Å². The first kappa shape index (κ1) is 11.2. The Morgan fingerprint density at radius 3 is 2.47 bits per heavy atom. The van der Waals surface area contributed by atoms with Gasteiger partial charge in [0, 0.05) is 26.0 Å². The number of amides is 1. The van der Waals surface area contributed by atoms with Crippen molar-refractivity contribution in [3.63, 3.8) is 0 Å². The summed E-state index contributed by atoms with van der Waals surface area (Å²) in [6.45, 7) is 0.478. The number of hydrogen-bond acceptors (Lipinski definition) is 3. The zero-order chi connectivity index (χ0) is 11.1. The zero-order valence-corrected chi connectivity index (χ0v) is 9.00. The Bertz CT molecular complexity index is 322. The maximum Gasteiger partial charge on any atom is 0.214 e. The summed E-state index contributed by atoms with van der Waals surface area (Å²) in [6, 6.07) is 9.49. The molecule has 4 heteroatoms. The maximum atomic E-state index is 10.8. The number of nitrogens with zero attached hydrogens (tertiary/aromatic N) is 3. The third-order valence-corrected chi connectivity index (χ3v) is 1.81. The number of carbonyl (C=O) groups excluding carboxylic acids is 1. The van der Waals surface area contributed by atoms with Gasteiger partial charge in [-0.1, -0.05) is 18.2 Å². The van der Waals surface area contributed by atoms with Gasteiger partial charge in [0.1, 0.15) is 0 Å². The Labute approximate surface area is 89.8 Å². The van der Waals surface area contributed by atoms with Gasteiger partial charge in [-0.05, 0) is 12.1 Å². The van der Waals surface area contributed by atoms with Crippen LogP contribution >= 0.6 is 0 Å². The van der Waals surface area contributed by atoms with E-state index in [4.69, 9.17) is 0 Å². The summed E-state index contributed by atoms with van der Waals surface area (Å²) >= 11 is 0. The minimum absolute atomic E-state index is 0.478. The molecular formula is C11H15N3O. The summed E-state index contributed by atoms with van der Waals surface area (Å²) in [5.74, 6) is 0. The fraction of sp³-hybridized carbons (Fsp3) is 0.273. The molecule has 0 saturated heterocycles. The third-order valence-electron chi connectivity index (χ3n) is 1.81. The van der Waals surface area contributed by atoms with Gasteiger partial charge in [-0.3, -0.25) is 4.79 Å². The molecule has 1 rings (SSSR count). The number of anilines is 1. The van der Waals surface area contributed by atoms with Crippen LogP contribution in [0.4, 0.5) is 5.69 Å². The first-order valence-electron chi connectivity index (χ1n) is 4.71. The van der Waals surface area contributed by atoms with Crippen LogP contribution < -0.4 is 4.90 Å². The Morgan fingerprint density at radius 1 is 1.27 bits per heavy atom. The fourth-order valence-corrected chi connectivity index (χ4v) is 1.12. The van der Waals surface area contributed by atoms with Crippen LogP contribution in [0.3, 0.4) is 0 Å². The lowest BCUT2D eigenvalue weighted by atomic mass is 10.3. The molecule has 80 valence electrons. The second kappa shape index (κ2) is 5.80. The normalized spacial score (nSPS) is 10.3. The van der Waals surface area contributed by atoms with Crippen LogP contribution in [0.1, 0.15) is 0 Å². The largest absolute Gasteiger partial charge is 0.310 e. The SMILES string of the molecule is CN(C)N=CCN(C=O)c1ccccc1. The lowest BCUT2D eigenvalue weighted by Gasteiger charge is -2.14. The number of hydrogen-bond donors (Lipinski definition) is 0. The maximum absolute atomic E-state index is 10.8. The van der Waals surface area contributed by atoms with E-state index in [-0.39, 0.29) is 0 Å². The van der Waals surface area contributed by atoms with E-state index in [1.54, 1.807) is 16.1 Å². The molecule has 1 aromatic rings. The molecule has 0 atom stereocenters. The Morgan fingerprint density at radius 2 is 1.93 bits per heavy atom. The molecule has 1 aromatic carbocycles. The molecule has 0 unspecified atom stereocenters. The highest BCUT2D eigenvalue weighted by Gasteiger charge is 2.01. The molecule has 0 aromatic heterocycles. The van der Waals surface area contributed by atoms with Crippen LogP contribution in [0.25, 0.3) is 0 Å². The van der Waals surface area contributed by atoms with Gasteiger partial charge in [-0.15, -0.1) is 0 Å². The van der Waals surface area contributed by atoms with E-state index >= 15 is 0 Å². The zero-order valence-electron chi connectivity index (χ0n) is 9.00. The smallest absolute Gasteiger partial charge is 0.214 e. The molecule has 0 bridgehead atoms. The summed E-state index contributed by atoms with van der Waals surface area (Å²) in [7, 11) is 3.68. The molecule has 0 N–H and O–H groups in total. The topological polar surface area (TPSA) is 35.9 Å². The van der Waals surface area contributed by atoms with E-state index in [0.29, 0.717) is 6.54 Å². The van der Waals surface area contributed by atoms with E-state index in [1.165, 1.54) is 0 Å². The van der Waals surface area contributed by atoms with Crippen LogP contribution in [0.2, 0.25) is 0 Å². The van der Waals surface area contributed by atoms with Crippen molar-refractivity contribution in [3.8, 4) is 0 Å². The van der Waals surface area contributed by atoms with E-state index in [0.717, 1.165) is 12.1 Å². The van der Waals surface area contributed by atoms with Gasteiger partial charge in [0.05, 0.1) is 6.54 Å². The number of para-hydroxylation sites is 1. The van der Waals surface area contributed by atoms with Gasteiger partial charge in [0.15, 0.2) is 0 Å². The summed E-state index contributed by atoms with van der Waals surface area (Å²) in [5, 5.41) is 5.73. The van der Waals surface area contributed by atoms with Crippen molar-refractivity contribution < 1.29 is 4.79 Å². The van der Waals surface area contributed by atoms with Crippen LogP contribution in [-0.2, 0) is 4.79 Å². The molecule has 0 heterocycles. The highest BCUT2D eigenvalue weighted by molar-refractivity contribution is 5.81. The van der Waals surface area contributed by atoms with Crippen molar-refractivity contribution in [1.82, 2.24) is 5.01 Å². The highest BCUT2D eigenvalue weighted by atomic mass is 16.1. The Balaban J connectivity index is 2.61. The minimum Gasteiger partial charge on any atom is -0.310 e. The second-order valence-electron chi connectivity index (χ2n) is 3.24. The van der Waals surface area contributed by atoms with Gasteiger partial charge >= 0.3 is 0 Å². The van der Waals surface area contributed by atoms with Crippen LogP contribution in [0.5, 0.6) is 0 Å². The molecular weight excluding hydrogens is 190 g/mol. The van der Waals surface area contributed by atoms with Crippen LogP contribution in [0, 0.1) is 0 Å². The molecule has 0 aliphatic rings. The first-order valence-corrected chi connectivity index (χ1v) is 4.71. The number of hydrazone groups is 1. The molecule has 0 spiro atoms. The van der Waals surface area contributed by atoms with E-state index in [2.05, 4.69) is 5.10 Å². The second-order valence-corrected chi connectivity index (χ2v) is 3.24. The molecule has 0 radical (unpaired) electrons. The van der Waals surface area contributed by atoms with Gasteiger partial charge < -0.3 is 9.91 Å². The van der Waals surface area contributed by atoms with Gasteiger partial charge in [-0.25, -0.2) is 0 Å². The van der Waals surface area contributed by atoms with Crippen LogP contribution in [0.15, 0.2) is 35.4 Å². The third kappa shape index (κ3) is 3.81. The van der Waals surface area contributed by atoms with Crippen molar-refractivity contribution in [2.24, 2.45) is 5.10 Å². The lowest BCUT2D eigenvalue weighted by Crippen LogP contribution is -2.23. The molecule has 0 aliphatic carbocycles. The van der Waals surface area contributed by atoms with Crippen molar-refractivity contribution in [3.05, 3.63) is 30.3 Å². The van der Waals surface area contributed by atoms with Crippen molar-refractivity contribution in [2.75, 3.05) is 25.5 Å². The molecule has 0 fully saturated rings. The molecule has 4 nitrogen and oxygen atoms in total. The van der Waals surface area contributed by atoms with Gasteiger partial charge in [-0.2, -0.15) is 5.10 Å². The van der Waals surface area contributed by atoms with E-state index < -0.39 is 0 Å². The average Bonchev–Trinajstić information content (AvgIpc) is 2.25. The standard InChI is InChI=1S/C11H15N3O/c1-13(2)12-8-9-14(10-15)11-6-4-3-5-7-11/h3-8,10H,9H2,1-2H3. The summed E-state index contributed by atoms with van der Waals surface area (Å²) in [6.07, 6.45) is 2.50. The molecule has 15 heavy (non-hydrogen) atoms. The fourth-order valence-electron chi connectivity index (χ4n) is 1.12. The molecule has 1 amide bonds. The number of rotatable bonds is 5. The van der Waals surface area contributed by atoms with Gasteiger partial charge in [0.25, 0.3) is 0 Å². The predicted octanol–water partition coefficient (Wildman–Crippen LogP) is 1.20. The average molecular weight is 205 g/mol. The monoisotopic (exact) mass is 205 g/mol. The minimum atomic E-state index is 0.478. The van der Waals surface area contributed by atoms with Crippen molar-refractivity contribution in [1.29, 1.82) is 0 Å². The Hall–Kier alpha value is -1.84. The summed E-state index contributed by atoms with van der Waals surface area (Å²) in [4.78, 5) is 12.4. The van der Waals surface area contributed by atoms with Crippen molar-refractivity contribution in [2.45, 2.75) is 0 Å². The van der Waals surface area contributed by atoms with E-state index in [9.17, 15) is 4.79 Å². The number of carbonyl (C=O) groups is 1. The number of benzene rings is 1. The first-order chi connectivity index (χ1) is 7.24. The lowest BCUT2D eigenvalue weighted by molar-refractivity contribution is -0.107. The summed E-state index contributed by atoms with van der Waals surface area (Å²) in [5.41, 5.74) is 0.873. The van der Waals surface area contributed by atoms with E-state index in [1.807, 2.05) is 44.4 Å². The molecule has 0 saturated carbocycles. The quantitative estimate of drug-likeness (QED) is 0.411. The highest BCUT2D eigenvalue weighted by Crippen LogP contribution is 2.09. The predicted molar refractivity (Wildman–Crippen MR) is 62.0 cm³/mol. The van der Waals surface area contributed by atoms with Crippen LogP contribution in [-0.4, -0.2) is 38.3 Å². The summed E-state index contributed by atoms with van der Waals surface area (Å²) < 4.78 is 0.